The number of aliphatic carboxylic acids is 1. The lowest BCUT2D eigenvalue weighted by Crippen LogP contribution is -2.42. The Bertz CT molecular complexity index is 950. The van der Waals surface area contributed by atoms with E-state index in [2.05, 4.69) is 17.4 Å². The maximum Gasteiger partial charge on any atom is 0.407 e. The summed E-state index contributed by atoms with van der Waals surface area (Å²) in [5, 5.41) is 11.8. The maximum atomic E-state index is 12.2. The number of nitrogens with one attached hydrogen (secondary N) is 1. The third-order valence-corrected chi connectivity index (χ3v) is 4.95. The second-order valence-electron chi connectivity index (χ2n) is 6.70. The number of fused-ring (bicyclic) bond motifs is 3. The average molecular weight is 377 g/mol. The van der Waals surface area contributed by atoms with Crippen LogP contribution < -0.4 is 5.32 Å². The van der Waals surface area contributed by atoms with E-state index in [1.165, 1.54) is 12.5 Å². The molecule has 1 unspecified atom stereocenters. The van der Waals surface area contributed by atoms with Crippen LogP contribution in [0.25, 0.3) is 11.1 Å². The fourth-order valence-corrected chi connectivity index (χ4v) is 3.63. The van der Waals surface area contributed by atoms with Crippen LogP contribution in [0.15, 0.2) is 71.5 Å². The van der Waals surface area contributed by atoms with Gasteiger partial charge in [-0.15, -0.1) is 0 Å². The topological polar surface area (TPSA) is 88.8 Å². The molecule has 3 aromatic rings. The molecule has 0 fully saturated rings. The SMILES string of the molecule is O=C(NC(Cc1ccoc1)C(=O)O)OCC1c2ccccc2-c2ccccc21. The summed E-state index contributed by atoms with van der Waals surface area (Å²) < 4.78 is 10.3. The van der Waals surface area contributed by atoms with Crippen LogP contribution in [0.4, 0.5) is 4.79 Å². The zero-order valence-corrected chi connectivity index (χ0v) is 15.0. The van der Waals surface area contributed by atoms with Gasteiger partial charge in [-0.3, -0.25) is 0 Å². The molecule has 0 saturated heterocycles. The van der Waals surface area contributed by atoms with E-state index in [1.807, 2.05) is 36.4 Å². The molecule has 0 aliphatic heterocycles. The molecule has 4 rings (SSSR count). The van der Waals surface area contributed by atoms with Crippen LogP contribution in [0.2, 0.25) is 0 Å². The van der Waals surface area contributed by atoms with Gasteiger partial charge in [-0.05, 0) is 33.9 Å². The Morgan fingerprint density at radius 1 is 1.04 bits per heavy atom. The van der Waals surface area contributed by atoms with Crippen LogP contribution in [0.1, 0.15) is 22.6 Å². The molecule has 6 heteroatoms. The lowest BCUT2D eigenvalue weighted by molar-refractivity contribution is -0.139. The van der Waals surface area contributed by atoms with Crippen molar-refractivity contribution >= 4 is 12.1 Å². The molecule has 1 atom stereocenters. The number of amides is 1. The minimum absolute atomic E-state index is 0.0738. The lowest BCUT2D eigenvalue weighted by Gasteiger charge is -2.17. The predicted octanol–water partition coefficient (Wildman–Crippen LogP) is 3.81. The van der Waals surface area contributed by atoms with E-state index in [4.69, 9.17) is 9.15 Å². The van der Waals surface area contributed by atoms with Gasteiger partial charge in [0.15, 0.2) is 0 Å². The minimum Gasteiger partial charge on any atom is -0.480 e. The maximum absolute atomic E-state index is 12.2. The van der Waals surface area contributed by atoms with Gasteiger partial charge in [0.2, 0.25) is 0 Å². The van der Waals surface area contributed by atoms with Gasteiger partial charge in [0.25, 0.3) is 0 Å². The fraction of sp³-hybridized carbons (Fsp3) is 0.182. The zero-order valence-electron chi connectivity index (χ0n) is 15.0. The normalized spacial score (nSPS) is 13.4. The van der Waals surface area contributed by atoms with E-state index >= 15 is 0 Å². The van der Waals surface area contributed by atoms with E-state index in [1.54, 1.807) is 6.07 Å². The van der Waals surface area contributed by atoms with E-state index in [9.17, 15) is 14.7 Å². The van der Waals surface area contributed by atoms with Gasteiger partial charge in [0.1, 0.15) is 12.6 Å². The molecule has 1 aliphatic rings. The fourth-order valence-electron chi connectivity index (χ4n) is 3.63. The van der Waals surface area contributed by atoms with E-state index < -0.39 is 18.1 Å². The number of carbonyl (C=O) groups excluding carboxylic acids is 1. The Balaban J connectivity index is 1.44. The second-order valence-corrected chi connectivity index (χ2v) is 6.70. The van der Waals surface area contributed by atoms with Crippen molar-refractivity contribution in [1.29, 1.82) is 0 Å². The minimum atomic E-state index is -1.13. The Morgan fingerprint density at radius 3 is 2.25 bits per heavy atom. The van der Waals surface area contributed by atoms with Gasteiger partial charge in [0, 0.05) is 12.3 Å². The molecule has 1 heterocycles. The van der Waals surface area contributed by atoms with Crippen molar-refractivity contribution in [3.05, 3.63) is 83.8 Å². The summed E-state index contributed by atoms with van der Waals surface area (Å²) >= 11 is 0. The molecule has 1 aliphatic carbocycles. The van der Waals surface area contributed by atoms with Crippen molar-refractivity contribution in [3.8, 4) is 11.1 Å². The van der Waals surface area contributed by atoms with Crippen LogP contribution in [0.5, 0.6) is 0 Å². The Morgan fingerprint density at radius 2 is 1.68 bits per heavy atom. The van der Waals surface area contributed by atoms with Crippen LogP contribution >= 0.6 is 0 Å². The van der Waals surface area contributed by atoms with Crippen molar-refractivity contribution in [2.24, 2.45) is 0 Å². The first kappa shape index (κ1) is 17.9. The number of hydrogen-bond donors (Lipinski definition) is 2. The molecule has 2 N–H and O–H groups in total. The molecular formula is C22H19NO5. The average Bonchev–Trinajstić information content (AvgIpc) is 3.32. The Labute approximate surface area is 161 Å². The number of benzene rings is 2. The summed E-state index contributed by atoms with van der Waals surface area (Å²) in [4.78, 5) is 23.7. The second kappa shape index (κ2) is 7.60. The third kappa shape index (κ3) is 3.49. The largest absolute Gasteiger partial charge is 0.480 e. The number of carboxylic acids is 1. The zero-order chi connectivity index (χ0) is 19.5. The molecule has 0 bridgehead atoms. The van der Waals surface area contributed by atoms with Gasteiger partial charge in [-0.2, -0.15) is 0 Å². The van der Waals surface area contributed by atoms with Gasteiger partial charge in [0.05, 0.1) is 12.5 Å². The Hall–Kier alpha value is -3.54. The molecule has 0 radical (unpaired) electrons. The van der Waals surface area contributed by atoms with Crippen molar-refractivity contribution in [1.82, 2.24) is 5.32 Å². The number of furan rings is 1. The molecule has 142 valence electrons. The molecule has 0 saturated carbocycles. The van der Waals surface area contributed by atoms with Crippen molar-refractivity contribution < 1.29 is 23.8 Å². The number of ether oxygens (including phenoxy) is 1. The van der Waals surface area contributed by atoms with Crippen LogP contribution in [0.3, 0.4) is 0 Å². The first-order valence-corrected chi connectivity index (χ1v) is 8.99. The molecule has 1 aromatic heterocycles. The lowest BCUT2D eigenvalue weighted by atomic mass is 9.98. The molecule has 28 heavy (non-hydrogen) atoms. The monoisotopic (exact) mass is 377 g/mol. The first-order valence-electron chi connectivity index (χ1n) is 8.99. The molecule has 2 aromatic carbocycles. The van der Waals surface area contributed by atoms with Crippen LogP contribution in [-0.4, -0.2) is 29.8 Å². The summed E-state index contributed by atoms with van der Waals surface area (Å²) in [5.41, 5.74) is 5.16. The Kier molecular flexibility index (Phi) is 4.85. The number of carboxylic acid groups (broad SMARTS) is 1. The summed E-state index contributed by atoms with van der Waals surface area (Å²) in [5.74, 6) is -1.20. The summed E-state index contributed by atoms with van der Waals surface area (Å²) in [6, 6.07) is 16.6. The van der Waals surface area contributed by atoms with Crippen molar-refractivity contribution in [2.45, 2.75) is 18.4 Å². The van der Waals surface area contributed by atoms with E-state index in [0.717, 1.165) is 22.3 Å². The van der Waals surface area contributed by atoms with Crippen molar-refractivity contribution in [2.75, 3.05) is 6.61 Å². The van der Waals surface area contributed by atoms with Crippen molar-refractivity contribution in [3.63, 3.8) is 0 Å². The summed E-state index contributed by atoms with van der Waals surface area (Å²) in [7, 11) is 0. The van der Waals surface area contributed by atoms with Gasteiger partial charge in [-0.1, -0.05) is 48.5 Å². The van der Waals surface area contributed by atoms with Crippen LogP contribution in [-0.2, 0) is 16.0 Å². The highest BCUT2D eigenvalue weighted by atomic mass is 16.5. The third-order valence-electron chi connectivity index (χ3n) is 4.95. The van der Waals surface area contributed by atoms with E-state index in [0.29, 0.717) is 5.56 Å². The predicted molar refractivity (Wildman–Crippen MR) is 102 cm³/mol. The first-order chi connectivity index (χ1) is 13.6. The standard InChI is InChI=1S/C22H19NO5/c24-21(25)20(11-14-9-10-27-12-14)23-22(26)28-13-19-17-7-3-1-5-15(17)16-6-2-4-8-18(16)19/h1-10,12,19-20H,11,13H2,(H,23,26)(H,24,25). The smallest absolute Gasteiger partial charge is 0.407 e. The molecule has 0 spiro atoms. The number of hydrogen-bond acceptors (Lipinski definition) is 4. The summed E-state index contributed by atoms with van der Waals surface area (Å²) in [6.45, 7) is 0.137. The highest BCUT2D eigenvalue weighted by Crippen LogP contribution is 2.44. The highest BCUT2D eigenvalue weighted by Gasteiger charge is 2.29. The quantitative estimate of drug-likeness (QED) is 0.682. The molecule has 1 amide bonds. The van der Waals surface area contributed by atoms with E-state index in [-0.39, 0.29) is 18.9 Å². The molecule has 6 nitrogen and oxygen atoms in total. The van der Waals surface area contributed by atoms with Gasteiger partial charge < -0.3 is 19.6 Å². The number of alkyl carbamates (subject to hydrolysis) is 1. The van der Waals surface area contributed by atoms with Gasteiger partial charge >= 0.3 is 12.1 Å². The van der Waals surface area contributed by atoms with Gasteiger partial charge in [-0.25, -0.2) is 9.59 Å². The van der Waals surface area contributed by atoms with Crippen LogP contribution in [0, 0.1) is 0 Å². The number of carbonyl (C=O) groups is 2. The summed E-state index contributed by atoms with van der Waals surface area (Å²) in [6.07, 6.45) is 2.28. The highest BCUT2D eigenvalue weighted by molar-refractivity contribution is 5.81. The molecular weight excluding hydrogens is 358 g/mol. The number of rotatable bonds is 6.